The van der Waals surface area contributed by atoms with Crippen molar-refractivity contribution in [2.45, 2.75) is 38.4 Å². The fraction of sp³-hybridized carbons (Fsp3) is 0.909. The lowest BCUT2D eigenvalue weighted by Gasteiger charge is -2.25. The quantitative estimate of drug-likeness (QED) is 0.185. The Morgan fingerprint density at radius 1 is 1.11 bits per heavy atom. The minimum atomic E-state index is -2.64. The summed E-state index contributed by atoms with van der Waals surface area (Å²) < 4.78 is -0.125. The Bertz CT molecular complexity index is 233. The minimum Gasteiger partial charge on any atom is -0.544 e. The van der Waals surface area contributed by atoms with Gasteiger partial charge in [0, 0.05) is 6.42 Å². The summed E-state index contributed by atoms with van der Waals surface area (Å²) in [4.78, 5) is 10.0. The fourth-order valence-electron chi connectivity index (χ4n) is 0.858. The summed E-state index contributed by atoms with van der Waals surface area (Å²) in [6, 6.07) is 0. The van der Waals surface area contributed by atoms with Gasteiger partial charge in [-0.3, -0.25) is 4.48 Å². The molecule has 0 fully saturated rings. The van der Waals surface area contributed by atoms with Gasteiger partial charge in [0.05, 0.1) is 7.05 Å². The van der Waals surface area contributed by atoms with Crippen molar-refractivity contribution in [3.8, 4) is 0 Å². The Kier molecular flexibility index (Phi) is 10.9. The van der Waals surface area contributed by atoms with Crippen molar-refractivity contribution >= 4 is 5.97 Å². The SMILES string of the molecule is CCCCCC(O)(O)C(=O)[O-].C[N+](CO)(CO)CO. The molecule has 8 heteroatoms. The number of nitrogens with zero attached hydrogens (tertiary/aromatic N) is 1. The maximum absolute atomic E-state index is 10.0. The average Bonchev–Trinajstić information content (AvgIpc) is 2.38. The van der Waals surface area contributed by atoms with Crippen molar-refractivity contribution in [2.75, 3.05) is 27.2 Å². The van der Waals surface area contributed by atoms with Crippen LogP contribution in [-0.2, 0) is 4.79 Å². The maximum atomic E-state index is 10.0. The molecule has 0 saturated heterocycles. The standard InChI is InChI=1S/C7H14O4.C4H12NO3/c1-2-3-4-5-7(10,11)6(8)9;1-5(2-6,3-7)4-8/h10-11H,2-5H2,1H3,(H,8,9);6-8H,2-4H2,1H3/q;+1/p-1. The number of aliphatic carboxylic acids is 1. The van der Waals surface area contributed by atoms with E-state index in [4.69, 9.17) is 25.5 Å². The van der Waals surface area contributed by atoms with Gasteiger partial charge in [0.2, 0.25) is 5.79 Å². The van der Waals surface area contributed by atoms with E-state index in [2.05, 4.69) is 0 Å². The first-order valence-corrected chi connectivity index (χ1v) is 6.01. The average molecular weight is 283 g/mol. The van der Waals surface area contributed by atoms with Crippen molar-refractivity contribution in [3.05, 3.63) is 0 Å². The zero-order valence-electron chi connectivity index (χ0n) is 11.4. The van der Waals surface area contributed by atoms with Crippen LogP contribution >= 0.6 is 0 Å². The van der Waals surface area contributed by atoms with Gasteiger partial charge in [0.25, 0.3) is 0 Å². The molecule has 116 valence electrons. The summed E-state index contributed by atoms with van der Waals surface area (Å²) in [6.45, 7) is 1.21. The third-order valence-electron chi connectivity index (χ3n) is 2.48. The minimum absolute atomic E-state index is 0.125. The summed E-state index contributed by atoms with van der Waals surface area (Å²) in [5, 5.41) is 52.7. The van der Waals surface area contributed by atoms with E-state index in [-0.39, 0.29) is 31.1 Å². The highest BCUT2D eigenvalue weighted by molar-refractivity contribution is 5.72. The van der Waals surface area contributed by atoms with Crippen molar-refractivity contribution in [2.24, 2.45) is 0 Å². The van der Waals surface area contributed by atoms with Crippen LogP contribution in [0.5, 0.6) is 0 Å². The highest BCUT2D eigenvalue weighted by Crippen LogP contribution is 2.10. The first-order chi connectivity index (χ1) is 8.69. The van der Waals surface area contributed by atoms with Crippen LogP contribution in [-0.4, -0.2) is 69.0 Å². The van der Waals surface area contributed by atoms with E-state index in [1.807, 2.05) is 6.92 Å². The monoisotopic (exact) mass is 283 g/mol. The second-order valence-electron chi connectivity index (χ2n) is 4.60. The Labute approximate surface area is 112 Å². The van der Waals surface area contributed by atoms with E-state index in [9.17, 15) is 9.90 Å². The molecule has 0 heterocycles. The smallest absolute Gasteiger partial charge is 0.204 e. The van der Waals surface area contributed by atoms with Gasteiger partial charge in [0.1, 0.15) is 5.97 Å². The first kappa shape index (κ1) is 20.5. The summed E-state index contributed by atoms with van der Waals surface area (Å²) in [5.41, 5.74) is 0. The van der Waals surface area contributed by atoms with Gasteiger partial charge >= 0.3 is 0 Å². The molecule has 8 nitrogen and oxygen atoms in total. The van der Waals surface area contributed by atoms with Crippen LogP contribution in [0, 0.1) is 0 Å². The van der Waals surface area contributed by atoms with Crippen LogP contribution in [0.15, 0.2) is 0 Å². The predicted octanol–water partition coefficient (Wildman–Crippen LogP) is -2.72. The number of hydrogen-bond acceptors (Lipinski definition) is 7. The van der Waals surface area contributed by atoms with Crippen LogP contribution in [0.3, 0.4) is 0 Å². The second kappa shape index (κ2) is 10.1. The molecule has 0 spiro atoms. The molecular formula is C11H25NO7. The number of carbonyl (C=O) groups is 1. The summed E-state index contributed by atoms with van der Waals surface area (Å²) >= 11 is 0. The van der Waals surface area contributed by atoms with Gasteiger partial charge in [-0.05, 0) is 6.42 Å². The van der Waals surface area contributed by atoms with Gasteiger partial charge in [0.15, 0.2) is 20.2 Å². The van der Waals surface area contributed by atoms with Crippen LogP contribution < -0.4 is 5.11 Å². The van der Waals surface area contributed by atoms with Crippen molar-refractivity contribution < 1.29 is 39.9 Å². The van der Waals surface area contributed by atoms with Crippen LogP contribution in [0.25, 0.3) is 0 Å². The molecule has 0 aromatic carbocycles. The molecule has 0 aliphatic rings. The number of carbonyl (C=O) groups excluding carboxylic acids is 1. The lowest BCUT2D eigenvalue weighted by molar-refractivity contribution is -0.959. The van der Waals surface area contributed by atoms with Gasteiger partial charge in [-0.15, -0.1) is 0 Å². The van der Waals surface area contributed by atoms with E-state index in [0.717, 1.165) is 12.8 Å². The Morgan fingerprint density at radius 3 is 1.74 bits per heavy atom. The zero-order valence-corrected chi connectivity index (χ0v) is 11.4. The third kappa shape index (κ3) is 9.77. The van der Waals surface area contributed by atoms with Gasteiger partial charge in [-0.2, -0.15) is 0 Å². The molecule has 0 aromatic rings. The molecule has 0 aliphatic heterocycles. The number of unbranched alkanes of at least 4 members (excludes halogenated alkanes) is 2. The topological polar surface area (TPSA) is 141 Å². The number of aliphatic hydroxyl groups is 5. The van der Waals surface area contributed by atoms with Crippen LogP contribution in [0.2, 0.25) is 0 Å². The zero-order chi connectivity index (χ0) is 15.5. The van der Waals surface area contributed by atoms with Gasteiger partial charge in [-0.25, -0.2) is 0 Å². The molecule has 0 aromatic heterocycles. The number of aliphatic hydroxyl groups excluding tert-OH is 3. The summed E-state index contributed by atoms with van der Waals surface area (Å²) in [5.74, 6) is -4.47. The molecule has 0 atom stereocenters. The summed E-state index contributed by atoms with van der Waals surface area (Å²) in [7, 11) is 1.54. The predicted molar refractivity (Wildman–Crippen MR) is 63.8 cm³/mol. The third-order valence-corrected chi connectivity index (χ3v) is 2.48. The number of carboxylic acid groups (broad SMARTS) is 1. The highest BCUT2D eigenvalue weighted by atomic mass is 16.5. The molecule has 19 heavy (non-hydrogen) atoms. The molecule has 5 N–H and O–H groups in total. The Morgan fingerprint density at radius 2 is 1.53 bits per heavy atom. The van der Waals surface area contributed by atoms with E-state index in [1.165, 1.54) is 0 Å². The van der Waals surface area contributed by atoms with E-state index < -0.39 is 11.8 Å². The van der Waals surface area contributed by atoms with Crippen molar-refractivity contribution in [1.29, 1.82) is 0 Å². The van der Waals surface area contributed by atoms with Gasteiger partial charge < -0.3 is 35.4 Å². The Balaban J connectivity index is 0. The van der Waals surface area contributed by atoms with Crippen LogP contribution in [0.1, 0.15) is 32.6 Å². The van der Waals surface area contributed by atoms with Crippen LogP contribution in [0.4, 0.5) is 0 Å². The molecule has 0 saturated carbocycles. The molecule has 0 rings (SSSR count). The van der Waals surface area contributed by atoms with Crippen molar-refractivity contribution in [3.63, 3.8) is 0 Å². The van der Waals surface area contributed by atoms with E-state index in [1.54, 1.807) is 7.05 Å². The lowest BCUT2D eigenvalue weighted by Crippen LogP contribution is -2.48. The van der Waals surface area contributed by atoms with E-state index in [0.29, 0.717) is 6.42 Å². The second-order valence-corrected chi connectivity index (χ2v) is 4.60. The first-order valence-electron chi connectivity index (χ1n) is 6.01. The number of carboxylic acids is 1. The maximum Gasteiger partial charge on any atom is 0.204 e. The molecule has 0 amide bonds. The number of hydrogen-bond donors (Lipinski definition) is 5. The number of quaternary nitrogens is 1. The molecule has 0 bridgehead atoms. The molecular weight excluding hydrogens is 258 g/mol. The number of rotatable bonds is 8. The van der Waals surface area contributed by atoms with Crippen molar-refractivity contribution in [1.82, 2.24) is 0 Å². The fourth-order valence-corrected chi connectivity index (χ4v) is 0.858. The summed E-state index contributed by atoms with van der Waals surface area (Å²) in [6.07, 6.45) is 2.01. The van der Waals surface area contributed by atoms with E-state index >= 15 is 0 Å². The van der Waals surface area contributed by atoms with Gasteiger partial charge in [-0.1, -0.05) is 19.8 Å². The Hall–Kier alpha value is -0.770. The highest BCUT2D eigenvalue weighted by Gasteiger charge is 2.23. The molecule has 0 unspecified atom stereocenters. The molecule has 0 aliphatic carbocycles. The largest absolute Gasteiger partial charge is 0.544 e. The molecule has 0 radical (unpaired) electrons. The lowest BCUT2D eigenvalue weighted by atomic mass is 10.1. The normalized spacial score (nSPS) is 11.7.